The van der Waals surface area contributed by atoms with Gasteiger partial charge in [0.05, 0.1) is 16.7 Å². The summed E-state index contributed by atoms with van der Waals surface area (Å²) in [5, 5.41) is -0.685. The minimum atomic E-state index is -1.41. The Hall–Kier alpha value is -4.03. The molecule has 1 amide bonds. The van der Waals surface area contributed by atoms with Gasteiger partial charge in [-0.25, -0.2) is 0 Å². The average Bonchev–Trinajstić information content (AvgIpc) is 3.20. The molecular weight excluding hydrogens is 482 g/mol. The van der Waals surface area contributed by atoms with Gasteiger partial charge in [-0.2, -0.15) is 0 Å². The first kappa shape index (κ1) is 24.7. The smallest absolute Gasteiger partial charge is 0.308 e. The molecule has 0 bridgehead atoms. The fourth-order valence-electron chi connectivity index (χ4n) is 5.09. The maximum atomic E-state index is 14.2. The summed E-state index contributed by atoms with van der Waals surface area (Å²) >= 11 is 0. The average molecular weight is 510 g/mol. The molecule has 0 N–H and O–H groups in total. The van der Waals surface area contributed by atoms with E-state index in [4.69, 9.17) is 4.74 Å². The van der Waals surface area contributed by atoms with Crippen LogP contribution in [-0.2, 0) is 32.3 Å². The highest BCUT2D eigenvalue weighted by molar-refractivity contribution is 7.86. The van der Waals surface area contributed by atoms with Crippen LogP contribution in [0.4, 0.5) is 0 Å². The van der Waals surface area contributed by atoms with Gasteiger partial charge < -0.3 is 9.64 Å². The summed E-state index contributed by atoms with van der Waals surface area (Å²) in [7, 11) is -1.41. The van der Waals surface area contributed by atoms with Crippen LogP contribution >= 0.6 is 0 Å². The Kier molecular flexibility index (Phi) is 7.01. The van der Waals surface area contributed by atoms with Gasteiger partial charge in [0.1, 0.15) is 16.5 Å². The molecule has 186 valence electrons. The van der Waals surface area contributed by atoms with Crippen LogP contribution in [0.1, 0.15) is 29.2 Å². The van der Waals surface area contributed by atoms with Crippen molar-refractivity contribution in [2.24, 2.45) is 0 Å². The summed E-state index contributed by atoms with van der Waals surface area (Å²) in [6, 6.07) is 36.8. The zero-order chi connectivity index (χ0) is 25.8. The van der Waals surface area contributed by atoms with Gasteiger partial charge in [0.15, 0.2) is 0 Å². The van der Waals surface area contributed by atoms with Crippen LogP contribution in [0.25, 0.3) is 0 Å². The number of hydrogen-bond donors (Lipinski definition) is 0. The number of esters is 1. The van der Waals surface area contributed by atoms with E-state index in [0.29, 0.717) is 12.2 Å². The molecule has 1 heterocycles. The molecule has 0 spiro atoms. The topological polar surface area (TPSA) is 63.7 Å². The van der Waals surface area contributed by atoms with Crippen LogP contribution in [0.2, 0.25) is 0 Å². The van der Waals surface area contributed by atoms with Gasteiger partial charge >= 0.3 is 5.97 Å². The molecule has 1 aliphatic rings. The van der Waals surface area contributed by atoms with Crippen LogP contribution in [0, 0.1) is 0 Å². The Labute approximate surface area is 219 Å². The zero-order valence-electron chi connectivity index (χ0n) is 20.4. The molecular formula is C31H27NO4S. The van der Waals surface area contributed by atoms with E-state index in [1.807, 2.05) is 103 Å². The number of hydrogen-bond acceptors (Lipinski definition) is 4. The van der Waals surface area contributed by atoms with Crippen molar-refractivity contribution in [1.82, 2.24) is 4.90 Å². The lowest BCUT2D eigenvalue weighted by Gasteiger charge is -2.43. The van der Waals surface area contributed by atoms with Crippen LogP contribution in [0.15, 0.2) is 115 Å². The van der Waals surface area contributed by atoms with Crippen molar-refractivity contribution in [3.05, 3.63) is 138 Å². The monoisotopic (exact) mass is 509 g/mol. The Morgan fingerprint density at radius 2 is 1.27 bits per heavy atom. The third-order valence-corrected chi connectivity index (χ3v) is 8.22. The van der Waals surface area contributed by atoms with E-state index >= 15 is 0 Å². The molecule has 1 fully saturated rings. The van der Waals surface area contributed by atoms with Crippen molar-refractivity contribution in [2.75, 3.05) is 5.88 Å². The van der Waals surface area contributed by atoms with Crippen molar-refractivity contribution in [1.29, 1.82) is 0 Å². The van der Waals surface area contributed by atoms with Crippen molar-refractivity contribution in [3.63, 3.8) is 0 Å². The van der Waals surface area contributed by atoms with Gasteiger partial charge in [0.2, 0.25) is 5.91 Å². The van der Waals surface area contributed by atoms with Crippen molar-refractivity contribution in [2.45, 2.75) is 24.1 Å². The van der Waals surface area contributed by atoms with E-state index in [9.17, 15) is 13.8 Å². The van der Waals surface area contributed by atoms with E-state index in [-0.39, 0.29) is 11.8 Å². The second-order valence-corrected chi connectivity index (χ2v) is 10.6. The minimum absolute atomic E-state index is 0.119. The number of nitrogens with zero attached hydrogens (tertiary/aromatic N) is 1. The van der Waals surface area contributed by atoms with E-state index in [2.05, 4.69) is 0 Å². The maximum absolute atomic E-state index is 14.2. The number of carbonyl (C=O) groups is 2. The van der Waals surface area contributed by atoms with E-state index in [1.54, 1.807) is 17.0 Å². The molecule has 0 saturated carbocycles. The normalized spacial score (nSPS) is 17.5. The predicted molar refractivity (Wildman–Crippen MR) is 144 cm³/mol. The Bertz CT molecular complexity index is 1310. The highest BCUT2D eigenvalue weighted by atomic mass is 32.2. The summed E-state index contributed by atoms with van der Waals surface area (Å²) in [6.45, 7) is 1.35. The van der Waals surface area contributed by atoms with Crippen LogP contribution < -0.4 is 4.74 Å². The number of rotatable bonds is 7. The standard InChI is InChI=1S/C31H27NO4S/c1-23(33)36-28-19-17-24(18-20-28)21-29-30(34)32(22-37(29)35)31(25-11-5-2-6-12-25,26-13-7-3-8-14-26)27-15-9-4-10-16-27/h2-20,29H,21-22H2,1H3. The summed E-state index contributed by atoms with van der Waals surface area (Å²) < 4.78 is 18.6. The molecule has 2 unspecified atom stereocenters. The van der Waals surface area contributed by atoms with Gasteiger partial charge in [-0.05, 0) is 40.8 Å². The number of benzene rings is 4. The first-order valence-electron chi connectivity index (χ1n) is 12.1. The van der Waals surface area contributed by atoms with Gasteiger partial charge in [0.25, 0.3) is 0 Å². The summed E-state index contributed by atoms with van der Waals surface area (Å²) in [5.74, 6) is 0.00904. The minimum Gasteiger partial charge on any atom is -0.427 e. The summed E-state index contributed by atoms with van der Waals surface area (Å²) in [4.78, 5) is 27.2. The van der Waals surface area contributed by atoms with Crippen LogP contribution in [0.3, 0.4) is 0 Å². The lowest BCUT2D eigenvalue weighted by Crippen LogP contribution is -2.50. The van der Waals surface area contributed by atoms with Crippen LogP contribution in [-0.4, -0.2) is 32.1 Å². The maximum Gasteiger partial charge on any atom is 0.308 e. The summed E-state index contributed by atoms with van der Waals surface area (Å²) in [5.41, 5.74) is 2.72. The largest absolute Gasteiger partial charge is 0.427 e. The second-order valence-electron chi connectivity index (χ2n) is 9.01. The SMILES string of the molecule is CC(=O)Oc1ccc(CC2C(=O)N(C(c3ccccc3)(c3ccccc3)c3ccccc3)CS2=O)cc1. The molecule has 1 saturated heterocycles. The zero-order valence-corrected chi connectivity index (χ0v) is 21.3. The molecule has 0 radical (unpaired) electrons. The molecule has 4 aromatic rings. The molecule has 4 aromatic carbocycles. The Morgan fingerprint density at radius 3 is 1.70 bits per heavy atom. The lowest BCUT2D eigenvalue weighted by atomic mass is 9.75. The van der Waals surface area contributed by atoms with Gasteiger partial charge in [-0.1, -0.05) is 103 Å². The molecule has 6 heteroatoms. The highest BCUT2D eigenvalue weighted by Crippen LogP contribution is 2.45. The molecule has 0 aromatic heterocycles. The molecule has 2 atom stereocenters. The van der Waals surface area contributed by atoms with Gasteiger partial charge in [0, 0.05) is 6.92 Å². The molecule has 0 aliphatic carbocycles. The summed E-state index contributed by atoms with van der Waals surface area (Å²) in [6.07, 6.45) is 0.330. The number of amides is 1. The van der Waals surface area contributed by atoms with Crippen LogP contribution in [0.5, 0.6) is 5.75 Å². The van der Waals surface area contributed by atoms with Gasteiger partial charge in [-0.15, -0.1) is 0 Å². The first-order valence-corrected chi connectivity index (χ1v) is 13.5. The highest BCUT2D eigenvalue weighted by Gasteiger charge is 2.51. The predicted octanol–water partition coefficient (Wildman–Crippen LogP) is 5.06. The lowest BCUT2D eigenvalue weighted by molar-refractivity contribution is -0.132. The van der Waals surface area contributed by atoms with Gasteiger partial charge in [-0.3, -0.25) is 13.8 Å². The molecule has 1 aliphatic heterocycles. The second kappa shape index (κ2) is 10.5. The van der Waals surface area contributed by atoms with Crippen molar-refractivity contribution in [3.8, 4) is 5.75 Å². The molecule has 5 nitrogen and oxygen atoms in total. The van der Waals surface area contributed by atoms with E-state index in [1.165, 1.54) is 6.92 Å². The number of ether oxygens (including phenoxy) is 1. The fourth-order valence-corrected chi connectivity index (χ4v) is 6.57. The molecule has 37 heavy (non-hydrogen) atoms. The number of carbonyl (C=O) groups excluding carboxylic acids is 2. The third-order valence-electron chi connectivity index (χ3n) is 6.70. The Balaban J connectivity index is 1.58. The van der Waals surface area contributed by atoms with E-state index in [0.717, 1.165) is 22.3 Å². The first-order chi connectivity index (χ1) is 18.0. The van der Waals surface area contributed by atoms with Crippen molar-refractivity contribution >= 4 is 22.7 Å². The van der Waals surface area contributed by atoms with E-state index < -0.39 is 27.6 Å². The quantitative estimate of drug-likeness (QED) is 0.198. The Morgan fingerprint density at radius 1 is 0.811 bits per heavy atom. The van der Waals surface area contributed by atoms with Crippen molar-refractivity contribution < 1.29 is 18.5 Å². The fraction of sp³-hybridized carbons (Fsp3) is 0.161. The third kappa shape index (κ3) is 4.72. The molecule has 5 rings (SSSR count).